The topological polar surface area (TPSA) is 37.8 Å². The van der Waals surface area contributed by atoms with Gasteiger partial charge < -0.3 is 5.32 Å². The summed E-state index contributed by atoms with van der Waals surface area (Å²) in [4.78, 5) is 9.34. The molecule has 0 aliphatic carbocycles. The molecule has 0 fully saturated rings. The monoisotopic (exact) mass is 275 g/mol. The van der Waals surface area contributed by atoms with E-state index in [1.807, 2.05) is 6.07 Å². The summed E-state index contributed by atoms with van der Waals surface area (Å²) in [6, 6.07) is 4.13. The van der Waals surface area contributed by atoms with Gasteiger partial charge in [0, 0.05) is 29.0 Å². The van der Waals surface area contributed by atoms with Crippen molar-refractivity contribution in [1.82, 2.24) is 9.97 Å². The summed E-state index contributed by atoms with van der Waals surface area (Å²) in [5.41, 5.74) is 2.12. The van der Waals surface area contributed by atoms with Gasteiger partial charge in [-0.1, -0.05) is 27.7 Å². The Morgan fingerprint density at radius 2 is 2.05 bits per heavy atom. The van der Waals surface area contributed by atoms with Gasteiger partial charge in [0.05, 0.1) is 5.69 Å². The molecule has 2 aromatic rings. The van der Waals surface area contributed by atoms with Crippen molar-refractivity contribution < 1.29 is 0 Å². The first-order valence-electron chi connectivity index (χ1n) is 6.66. The molecule has 0 amide bonds. The summed E-state index contributed by atoms with van der Waals surface area (Å²) < 4.78 is 0. The van der Waals surface area contributed by atoms with E-state index in [9.17, 15) is 0 Å². The maximum atomic E-state index is 4.71. The van der Waals surface area contributed by atoms with Gasteiger partial charge in [-0.3, -0.25) is 0 Å². The molecule has 0 saturated carbocycles. The summed E-state index contributed by atoms with van der Waals surface area (Å²) in [5, 5.41) is 7.56. The largest absolute Gasteiger partial charge is 0.370 e. The molecule has 2 rings (SSSR count). The number of hydrogen-bond donors (Lipinski definition) is 1. The van der Waals surface area contributed by atoms with Crippen LogP contribution in [0.4, 0.5) is 5.82 Å². The Balaban J connectivity index is 2.43. The molecule has 19 heavy (non-hydrogen) atoms. The van der Waals surface area contributed by atoms with Crippen molar-refractivity contribution in [1.29, 1.82) is 0 Å². The lowest BCUT2D eigenvalue weighted by atomic mass is 9.95. The Morgan fingerprint density at radius 3 is 2.63 bits per heavy atom. The summed E-state index contributed by atoms with van der Waals surface area (Å²) in [6.45, 7) is 9.51. The third-order valence-electron chi connectivity index (χ3n) is 2.77. The van der Waals surface area contributed by atoms with Gasteiger partial charge in [-0.25, -0.2) is 9.97 Å². The minimum absolute atomic E-state index is 0.0469. The van der Waals surface area contributed by atoms with Crippen LogP contribution in [-0.2, 0) is 5.41 Å². The van der Waals surface area contributed by atoms with E-state index in [4.69, 9.17) is 4.98 Å². The zero-order valence-corrected chi connectivity index (χ0v) is 12.8. The average Bonchev–Trinajstić information content (AvgIpc) is 2.89. The van der Waals surface area contributed by atoms with Crippen molar-refractivity contribution in [3.05, 3.63) is 28.7 Å². The molecule has 102 valence electrons. The molecule has 0 unspecified atom stereocenters. The molecular weight excluding hydrogens is 254 g/mol. The van der Waals surface area contributed by atoms with Gasteiger partial charge in [0.1, 0.15) is 11.6 Å². The minimum atomic E-state index is -0.0469. The van der Waals surface area contributed by atoms with Crippen LogP contribution in [0.5, 0.6) is 0 Å². The second-order valence-electron chi connectivity index (χ2n) is 5.65. The smallest absolute Gasteiger partial charge is 0.136 e. The zero-order valence-electron chi connectivity index (χ0n) is 12.0. The van der Waals surface area contributed by atoms with Crippen molar-refractivity contribution in [3.8, 4) is 11.3 Å². The molecule has 0 spiro atoms. The van der Waals surface area contributed by atoms with Crippen molar-refractivity contribution in [2.45, 2.75) is 39.5 Å². The van der Waals surface area contributed by atoms with Gasteiger partial charge in [-0.05, 0) is 17.9 Å². The molecule has 0 bridgehead atoms. The first kappa shape index (κ1) is 14.0. The highest BCUT2D eigenvalue weighted by Crippen LogP contribution is 2.26. The van der Waals surface area contributed by atoms with Gasteiger partial charge in [-0.15, -0.1) is 0 Å². The highest BCUT2D eigenvalue weighted by Gasteiger charge is 2.19. The van der Waals surface area contributed by atoms with Crippen molar-refractivity contribution in [2.24, 2.45) is 0 Å². The summed E-state index contributed by atoms with van der Waals surface area (Å²) in [6.07, 6.45) is 1.09. The second-order valence-corrected chi connectivity index (χ2v) is 6.43. The minimum Gasteiger partial charge on any atom is -0.370 e. The lowest BCUT2D eigenvalue weighted by Crippen LogP contribution is -2.18. The van der Waals surface area contributed by atoms with Crippen molar-refractivity contribution in [3.63, 3.8) is 0 Å². The quantitative estimate of drug-likeness (QED) is 0.902. The molecular formula is C15H21N3S. The first-order chi connectivity index (χ1) is 9.00. The van der Waals surface area contributed by atoms with E-state index in [-0.39, 0.29) is 5.41 Å². The predicted octanol–water partition coefficient (Wildman–Crippen LogP) is 4.32. The van der Waals surface area contributed by atoms with Gasteiger partial charge in [0.2, 0.25) is 0 Å². The van der Waals surface area contributed by atoms with Gasteiger partial charge >= 0.3 is 0 Å². The number of nitrogens with zero attached hydrogens (tertiary/aromatic N) is 2. The van der Waals surface area contributed by atoms with Crippen LogP contribution < -0.4 is 5.32 Å². The maximum absolute atomic E-state index is 4.71. The molecule has 0 atom stereocenters. The van der Waals surface area contributed by atoms with E-state index in [1.54, 1.807) is 11.3 Å². The highest BCUT2D eigenvalue weighted by molar-refractivity contribution is 7.08. The Hall–Kier alpha value is -1.42. The summed E-state index contributed by atoms with van der Waals surface area (Å²) >= 11 is 1.69. The van der Waals surface area contributed by atoms with Crippen LogP contribution in [0.2, 0.25) is 0 Å². The number of anilines is 1. The second kappa shape index (κ2) is 5.70. The highest BCUT2D eigenvalue weighted by atomic mass is 32.1. The Bertz CT molecular complexity index is 527. The number of thiophene rings is 1. The van der Waals surface area contributed by atoms with Gasteiger partial charge in [0.25, 0.3) is 0 Å². The zero-order chi connectivity index (χ0) is 13.9. The lowest BCUT2D eigenvalue weighted by molar-refractivity contribution is 0.546. The SMILES string of the molecule is CCCNc1cc(-c2ccsc2)nc(C(C)(C)C)n1. The normalized spacial score (nSPS) is 11.6. The van der Waals surface area contributed by atoms with E-state index in [0.29, 0.717) is 0 Å². The molecule has 1 N–H and O–H groups in total. The summed E-state index contributed by atoms with van der Waals surface area (Å²) in [5.74, 6) is 1.80. The fourth-order valence-corrected chi connectivity index (χ4v) is 2.33. The molecule has 2 aromatic heterocycles. The molecule has 0 aliphatic rings. The van der Waals surface area contributed by atoms with E-state index >= 15 is 0 Å². The molecule has 4 heteroatoms. The van der Waals surface area contributed by atoms with Crippen LogP contribution in [0, 0.1) is 0 Å². The van der Waals surface area contributed by atoms with Gasteiger partial charge in [0.15, 0.2) is 0 Å². The number of hydrogen-bond acceptors (Lipinski definition) is 4. The van der Waals surface area contributed by atoms with Crippen LogP contribution in [-0.4, -0.2) is 16.5 Å². The Labute approximate surface area is 119 Å². The van der Waals surface area contributed by atoms with E-state index < -0.39 is 0 Å². The van der Waals surface area contributed by atoms with E-state index in [1.165, 1.54) is 0 Å². The third kappa shape index (κ3) is 3.53. The van der Waals surface area contributed by atoms with Crippen LogP contribution in [0.1, 0.15) is 39.9 Å². The average molecular weight is 275 g/mol. The molecule has 0 saturated heterocycles. The first-order valence-corrected chi connectivity index (χ1v) is 7.61. The van der Waals surface area contributed by atoms with E-state index in [0.717, 1.165) is 35.9 Å². The third-order valence-corrected chi connectivity index (χ3v) is 3.45. The molecule has 0 radical (unpaired) electrons. The van der Waals surface area contributed by atoms with E-state index in [2.05, 4.69) is 54.8 Å². The van der Waals surface area contributed by atoms with Crippen LogP contribution in [0.3, 0.4) is 0 Å². The number of rotatable bonds is 4. The van der Waals surface area contributed by atoms with Crippen LogP contribution in [0.15, 0.2) is 22.9 Å². The standard InChI is InChI=1S/C15H21N3S/c1-5-7-16-13-9-12(11-6-8-19-10-11)17-14(18-13)15(2,3)4/h6,8-10H,5,7H2,1-4H3,(H,16,17,18). The van der Waals surface area contributed by atoms with Crippen molar-refractivity contribution >= 4 is 17.2 Å². The van der Waals surface area contributed by atoms with Crippen LogP contribution in [0.25, 0.3) is 11.3 Å². The number of aromatic nitrogens is 2. The molecule has 2 heterocycles. The lowest BCUT2D eigenvalue weighted by Gasteiger charge is -2.18. The van der Waals surface area contributed by atoms with Crippen LogP contribution >= 0.6 is 11.3 Å². The maximum Gasteiger partial charge on any atom is 0.136 e. The fourth-order valence-electron chi connectivity index (χ4n) is 1.68. The molecule has 0 aliphatic heterocycles. The predicted molar refractivity (Wildman–Crippen MR) is 82.8 cm³/mol. The molecule has 0 aromatic carbocycles. The summed E-state index contributed by atoms with van der Waals surface area (Å²) in [7, 11) is 0. The van der Waals surface area contributed by atoms with Crippen molar-refractivity contribution in [2.75, 3.05) is 11.9 Å². The Morgan fingerprint density at radius 1 is 1.26 bits per heavy atom. The van der Waals surface area contributed by atoms with Gasteiger partial charge in [-0.2, -0.15) is 11.3 Å². The molecule has 3 nitrogen and oxygen atoms in total. The Kier molecular flexibility index (Phi) is 4.20. The number of nitrogens with one attached hydrogen (secondary N) is 1. The fraction of sp³-hybridized carbons (Fsp3) is 0.467.